The van der Waals surface area contributed by atoms with Gasteiger partial charge < -0.3 is 10.2 Å². The highest BCUT2D eigenvalue weighted by Gasteiger charge is 2.40. The maximum Gasteiger partial charge on any atom is 0.0777 e. The van der Waals surface area contributed by atoms with Gasteiger partial charge in [-0.15, -0.1) is 0 Å². The first-order valence-electron chi connectivity index (χ1n) is 11.5. The summed E-state index contributed by atoms with van der Waals surface area (Å²) in [5.41, 5.74) is 5.21. The van der Waals surface area contributed by atoms with Crippen LogP contribution in [0.1, 0.15) is 48.2 Å². The van der Waals surface area contributed by atoms with Crippen molar-refractivity contribution in [3.63, 3.8) is 0 Å². The molecule has 30 heavy (non-hydrogen) atoms. The lowest BCUT2D eigenvalue weighted by Gasteiger charge is -2.43. The summed E-state index contributed by atoms with van der Waals surface area (Å²) in [6.45, 7) is 8.53. The largest absolute Gasteiger partial charge is 0.391 e. The lowest BCUT2D eigenvalue weighted by Crippen LogP contribution is -2.49. The lowest BCUT2D eigenvalue weighted by atomic mass is 9.96. The van der Waals surface area contributed by atoms with Gasteiger partial charge in [0.1, 0.15) is 0 Å². The van der Waals surface area contributed by atoms with E-state index in [4.69, 9.17) is 0 Å². The molecule has 0 spiro atoms. The molecular formula is C26H34N2O2. The molecule has 160 valence electrons. The van der Waals surface area contributed by atoms with Gasteiger partial charge in [-0.1, -0.05) is 62.4 Å². The van der Waals surface area contributed by atoms with Gasteiger partial charge in [-0.2, -0.15) is 0 Å². The quantitative estimate of drug-likeness (QED) is 0.804. The molecule has 2 aromatic rings. The normalized spacial score (nSPS) is 34.9. The molecule has 0 aromatic heterocycles. The van der Waals surface area contributed by atoms with E-state index in [0.29, 0.717) is 11.8 Å². The Morgan fingerprint density at radius 3 is 1.40 bits per heavy atom. The summed E-state index contributed by atoms with van der Waals surface area (Å²) >= 11 is 0. The fourth-order valence-corrected chi connectivity index (χ4v) is 6.31. The SMILES string of the molecule is CC1CN([C@H]2c3ccccc3C[C@H]2O)CC(C)CN([C@H]2c3ccccc3C[C@H]2O)C1. The van der Waals surface area contributed by atoms with E-state index in [2.05, 4.69) is 72.2 Å². The van der Waals surface area contributed by atoms with Crippen LogP contribution in [0.25, 0.3) is 0 Å². The van der Waals surface area contributed by atoms with Crippen molar-refractivity contribution in [1.29, 1.82) is 0 Å². The van der Waals surface area contributed by atoms with Crippen molar-refractivity contribution in [1.82, 2.24) is 9.80 Å². The number of aliphatic hydroxyl groups excluding tert-OH is 2. The van der Waals surface area contributed by atoms with Crippen LogP contribution in [-0.2, 0) is 12.8 Å². The lowest BCUT2D eigenvalue weighted by molar-refractivity contribution is -0.00331. The minimum atomic E-state index is -0.319. The van der Waals surface area contributed by atoms with Crippen LogP contribution in [0.15, 0.2) is 48.5 Å². The van der Waals surface area contributed by atoms with Crippen LogP contribution in [0, 0.1) is 11.8 Å². The zero-order valence-corrected chi connectivity index (χ0v) is 18.1. The van der Waals surface area contributed by atoms with Crippen LogP contribution in [0.2, 0.25) is 0 Å². The molecule has 0 amide bonds. The molecule has 0 radical (unpaired) electrons. The van der Waals surface area contributed by atoms with Crippen molar-refractivity contribution in [2.75, 3.05) is 26.2 Å². The second-order valence-electron chi connectivity index (χ2n) is 9.95. The molecule has 4 atom stereocenters. The Hall–Kier alpha value is -1.72. The van der Waals surface area contributed by atoms with E-state index in [1.165, 1.54) is 22.3 Å². The summed E-state index contributed by atoms with van der Waals surface area (Å²) in [6, 6.07) is 17.3. The van der Waals surface area contributed by atoms with Gasteiger partial charge in [-0.3, -0.25) is 9.80 Å². The Bertz CT molecular complexity index is 815. The Kier molecular flexibility index (Phi) is 5.44. The zero-order chi connectivity index (χ0) is 20.8. The van der Waals surface area contributed by atoms with E-state index >= 15 is 0 Å². The third-order valence-corrected chi connectivity index (χ3v) is 7.31. The van der Waals surface area contributed by atoms with Gasteiger partial charge in [-0.05, 0) is 34.1 Å². The van der Waals surface area contributed by atoms with Gasteiger partial charge in [0, 0.05) is 39.0 Å². The van der Waals surface area contributed by atoms with Crippen LogP contribution in [0.3, 0.4) is 0 Å². The van der Waals surface area contributed by atoms with E-state index in [-0.39, 0.29) is 24.3 Å². The molecule has 0 unspecified atom stereocenters. The maximum atomic E-state index is 10.9. The molecule has 4 heteroatoms. The number of hydrogen-bond donors (Lipinski definition) is 2. The third kappa shape index (κ3) is 3.60. The molecule has 5 rings (SSSR count). The molecule has 3 aliphatic rings. The molecular weight excluding hydrogens is 372 g/mol. The van der Waals surface area contributed by atoms with Gasteiger partial charge in [0.25, 0.3) is 0 Å². The van der Waals surface area contributed by atoms with Gasteiger partial charge >= 0.3 is 0 Å². The summed E-state index contributed by atoms with van der Waals surface area (Å²) in [7, 11) is 0. The van der Waals surface area contributed by atoms with Gasteiger partial charge in [0.05, 0.1) is 24.3 Å². The monoisotopic (exact) mass is 406 g/mol. The number of benzene rings is 2. The van der Waals surface area contributed by atoms with Crippen LogP contribution in [0.4, 0.5) is 0 Å². The first kappa shape index (κ1) is 20.2. The standard InChI is InChI=1S/C26H34N2O2/c1-17-13-27(25-21-9-5-3-7-19(21)11-23(25)29)15-18(2)16-28(14-17)26-22-10-6-4-8-20(22)12-24(26)30/h3-10,17-18,23-26,29-30H,11-16H2,1-2H3/t17?,18?,23-,24-,25+,26+/m1/s1. The molecule has 1 saturated heterocycles. The summed E-state index contributed by atoms with van der Waals surface area (Å²) in [5.74, 6) is 0.940. The Morgan fingerprint density at radius 2 is 1.00 bits per heavy atom. The average molecular weight is 407 g/mol. The highest BCUT2D eigenvalue weighted by atomic mass is 16.3. The van der Waals surface area contributed by atoms with E-state index in [9.17, 15) is 10.2 Å². The van der Waals surface area contributed by atoms with Crippen LogP contribution < -0.4 is 0 Å². The van der Waals surface area contributed by atoms with Crippen molar-refractivity contribution in [3.8, 4) is 0 Å². The van der Waals surface area contributed by atoms with E-state index < -0.39 is 0 Å². The molecule has 4 nitrogen and oxygen atoms in total. The topological polar surface area (TPSA) is 46.9 Å². The van der Waals surface area contributed by atoms with E-state index in [1.807, 2.05) is 0 Å². The second kappa shape index (κ2) is 8.08. The minimum Gasteiger partial charge on any atom is -0.391 e. The molecule has 2 N–H and O–H groups in total. The van der Waals surface area contributed by atoms with Crippen LogP contribution in [-0.4, -0.2) is 58.4 Å². The Morgan fingerprint density at radius 1 is 0.633 bits per heavy atom. The highest BCUT2D eigenvalue weighted by Crippen LogP contribution is 2.40. The fraction of sp³-hybridized carbons (Fsp3) is 0.538. The molecule has 0 bridgehead atoms. The number of fused-ring (bicyclic) bond motifs is 2. The average Bonchev–Trinajstić information content (AvgIpc) is 3.20. The number of hydrogen-bond acceptors (Lipinski definition) is 4. The fourth-order valence-electron chi connectivity index (χ4n) is 6.31. The molecule has 1 heterocycles. The van der Waals surface area contributed by atoms with E-state index in [1.54, 1.807) is 0 Å². The van der Waals surface area contributed by atoms with Crippen molar-refractivity contribution in [2.24, 2.45) is 11.8 Å². The van der Waals surface area contributed by atoms with E-state index in [0.717, 1.165) is 39.0 Å². The van der Waals surface area contributed by atoms with Gasteiger partial charge in [0.2, 0.25) is 0 Å². The number of aliphatic hydroxyl groups is 2. The van der Waals surface area contributed by atoms with Crippen molar-refractivity contribution in [2.45, 2.75) is 51.0 Å². The van der Waals surface area contributed by atoms with Crippen molar-refractivity contribution in [3.05, 3.63) is 70.8 Å². The van der Waals surface area contributed by atoms with Crippen LogP contribution >= 0.6 is 0 Å². The van der Waals surface area contributed by atoms with Crippen LogP contribution in [0.5, 0.6) is 0 Å². The molecule has 1 fully saturated rings. The van der Waals surface area contributed by atoms with Crippen molar-refractivity contribution >= 4 is 0 Å². The first-order valence-corrected chi connectivity index (χ1v) is 11.5. The highest BCUT2D eigenvalue weighted by molar-refractivity contribution is 5.37. The summed E-state index contributed by atoms with van der Waals surface area (Å²) in [4.78, 5) is 5.06. The second-order valence-corrected chi connectivity index (χ2v) is 9.95. The third-order valence-electron chi connectivity index (χ3n) is 7.31. The number of rotatable bonds is 2. The predicted octanol–water partition coefficient (Wildman–Crippen LogP) is 3.19. The molecule has 2 aliphatic carbocycles. The van der Waals surface area contributed by atoms with Crippen molar-refractivity contribution < 1.29 is 10.2 Å². The smallest absolute Gasteiger partial charge is 0.0777 e. The summed E-state index contributed by atoms with van der Waals surface area (Å²) < 4.78 is 0. The number of nitrogens with zero attached hydrogens (tertiary/aromatic N) is 2. The summed E-state index contributed by atoms with van der Waals surface area (Å²) in [6.07, 6.45) is 0.885. The Labute approximate surface area is 180 Å². The zero-order valence-electron chi connectivity index (χ0n) is 18.1. The predicted molar refractivity (Wildman–Crippen MR) is 119 cm³/mol. The molecule has 0 saturated carbocycles. The van der Waals surface area contributed by atoms with Gasteiger partial charge in [-0.25, -0.2) is 0 Å². The first-order chi connectivity index (χ1) is 14.5. The maximum absolute atomic E-state index is 10.9. The minimum absolute atomic E-state index is 0.107. The summed E-state index contributed by atoms with van der Waals surface area (Å²) in [5, 5.41) is 21.8. The van der Waals surface area contributed by atoms with Gasteiger partial charge in [0.15, 0.2) is 0 Å². The molecule has 1 aliphatic heterocycles. The molecule has 2 aromatic carbocycles. The Balaban J connectivity index is 1.37.